The minimum Gasteiger partial charge on any atom is -0.493 e. The van der Waals surface area contributed by atoms with Crippen molar-refractivity contribution in [2.75, 3.05) is 6.61 Å². The molecule has 1 aliphatic heterocycles. The lowest BCUT2D eigenvalue weighted by Crippen LogP contribution is -2.35. The Bertz CT molecular complexity index is 381. The van der Waals surface area contributed by atoms with Gasteiger partial charge in [0.1, 0.15) is 11.6 Å². The van der Waals surface area contributed by atoms with Crippen LogP contribution in [0.4, 0.5) is 4.39 Å². The largest absolute Gasteiger partial charge is 0.493 e. The number of halogens is 2. The standard InChI is InChI=1S/C11H13ClFNO/c1-6(14)8-2-7-3-9(12)10(13)4-11(7)15-5-8/h3-4,6,8H,2,5,14H2,1H3/t6-,8?/m0/s1. The second-order valence-electron chi connectivity index (χ2n) is 4.01. The number of ether oxygens (including phenoxy) is 1. The highest BCUT2D eigenvalue weighted by molar-refractivity contribution is 6.30. The average molecular weight is 230 g/mol. The third-order valence-corrected chi connectivity index (χ3v) is 3.07. The minimum absolute atomic E-state index is 0.0713. The van der Waals surface area contributed by atoms with E-state index < -0.39 is 5.82 Å². The summed E-state index contributed by atoms with van der Waals surface area (Å²) in [5, 5.41) is 0.141. The number of fused-ring (bicyclic) bond motifs is 1. The van der Waals surface area contributed by atoms with Crippen molar-refractivity contribution in [1.82, 2.24) is 0 Å². The van der Waals surface area contributed by atoms with Gasteiger partial charge >= 0.3 is 0 Å². The summed E-state index contributed by atoms with van der Waals surface area (Å²) in [7, 11) is 0. The molecule has 0 spiro atoms. The first kappa shape index (κ1) is 10.7. The third kappa shape index (κ3) is 2.08. The fourth-order valence-electron chi connectivity index (χ4n) is 1.74. The molecule has 0 radical (unpaired) electrons. The van der Waals surface area contributed by atoms with Gasteiger partial charge in [-0.25, -0.2) is 4.39 Å². The molecule has 0 amide bonds. The van der Waals surface area contributed by atoms with Gasteiger partial charge in [-0.15, -0.1) is 0 Å². The molecule has 82 valence electrons. The summed E-state index contributed by atoms with van der Waals surface area (Å²) in [6.07, 6.45) is 0.799. The van der Waals surface area contributed by atoms with E-state index in [1.165, 1.54) is 6.07 Å². The maximum atomic E-state index is 13.1. The summed E-state index contributed by atoms with van der Waals surface area (Å²) >= 11 is 5.71. The Balaban J connectivity index is 2.30. The van der Waals surface area contributed by atoms with E-state index in [1.54, 1.807) is 6.07 Å². The maximum absolute atomic E-state index is 13.1. The Morgan fingerprint density at radius 3 is 3.00 bits per heavy atom. The molecule has 2 N–H and O–H groups in total. The summed E-state index contributed by atoms with van der Waals surface area (Å²) in [5.41, 5.74) is 6.74. The van der Waals surface area contributed by atoms with E-state index in [-0.39, 0.29) is 17.0 Å². The predicted octanol–water partition coefficient (Wildman–Crippen LogP) is 2.38. The smallest absolute Gasteiger partial charge is 0.145 e. The zero-order valence-corrected chi connectivity index (χ0v) is 9.22. The van der Waals surface area contributed by atoms with Crippen LogP contribution in [0.25, 0.3) is 0 Å². The van der Waals surface area contributed by atoms with Crippen molar-refractivity contribution < 1.29 is 9.13 Å². The highest BCUT2D eigenvalue weighted by Crippen LogP contribution is 2.32. The van der Waals surface area contributed by atoms with Crippen LogP contribution in [0.5, 0.6) is 5.75 Å². The molecular formula is C11H13ClFNO. The summed E-state index contributed by atoms with van der Waals surface area (Å²) in [6.45, 7) is 2.50. The first-order valence-corrected chi connectivity index (χ1v) is 5.32. The molecular weight excluding hydrogens is 217 g/mol. The average Bonchev–Trinajstić information content (AvgIpc) is 2.19. The number of hydrogen-bond donors (Lipinski definition) is 1. The van der Waals surface area contributed by atoms with Gasteiger partial charge in [-0.3, -0.25) is 0 Å². The molecule has 2 atom stereocenters. The molecule has 1 aliphatic rings. The molecule has 0 fully saturated rings. The Morgan fingerprint density at radius 2 is 2.33 bits per heavy atom. The minimum atomic E-state index is -0.435. The Kier molecular flexibility index (Phi) is 2.85. The highest BCUT2D eigenvalue weighted by Gasteiger charge is 2.23. The van der Waals surface area contributed by atoms with Crippen LogP contribution in [0, 0.1) is 11.7 Å². The second-order valence-corrected chi connectivity index (χ2v) is 4.42. The van der Waals surface area contributed by atoms with Crippen molar-refractivity contribution in [1.29, 1.82) is 0 Å². The van der Waals surface area contributed by atoms with Crippen LogP contribution >= 0.6 is 11.6 Å². The van der Waals surface area contributed by atoms with E-state index in [0.29, 0.717) is 12.4 Å². The number of hydrogen-bond acceptors (Lipinski definition) is 2. The number of rotatable bonds is 1. The molecule has 0 saturated heterocycles. The number of benzene rings is 1. The van der Waals surface area contributed by atoms with Crippen molar-refractivity contribution in [2.45, 2.75) is 19.4 Å². The van der Waals surface area contributed by atoms with Crippen LogP contribution in [0.2, 0.25) is 5.02 Å². The van der Waals surface area contributed by atoms with Crippen LogP contribution in [-0.2, 0) is 6.42 Å². The van der Waals surface area contributed by atoms with Crippen LogP contribution in [0.15, 0.2) is 12.1 Å². The van der Waals surface area contributed by atoms with E-state index in [1.807, 2.05) is 6.92 Å². The van der Waals surface area contributed by atoms with Gasteiger partial charge in [0.05, 0.1) is 11.6 Å². The molecule has 0 saturated carbocycles. The second kappa shape index (κ2) is 3.99. The van der Waals surface area contributed by atoms with E-state index >= 15 is 0 Å². The first-order valence-electron chi connectivity index (χ1n) is 4.94. The Hall–Kier alpha value is -0.800. The molecule has 1 unspecified atom stereocenters. The van der Waals surface area contributed by atoms with Gasteiger partial charge < -0.3 is 10.5 Å². The monoisotopic (exact) mass is 229 g/mol. The maximum Gasteiger partial charge on any atom is 0.145 e. The number of nitrogens with two attached hydrogens (primary N) is 1. The van der Waals surface area contributed by atoms with Gasteiger partial charge in [-0.2, -0.15) is 0 Å². The lowest BCUT2D eigenvalue weighted by Gasteiger charge is -2.27. The molecule has 15 heavy (non-hydrogen) atoms. The first-order chi connectivity index (χ1) is 7.08. The summed E-state index contributed by atoms with van der Waals surface area (Å²) < 4.78 is 18.6. The van der Waals surface area contributed by atoms with Crippen LogP contribution in [0.1, 0.15) is 12.5 Å². The van der Waals surface area contributed by atoms with E-state index in [9.17, 15) is 4.39 Å². The fourth-order valence-corrected chi connectivity index (χ4v) is 1.93. The molecule has 0 bridgehead atoms. The van der Waals surface area contributed by atoms with Gasteiger partial charge in [-0.05, 0) is 25.0 Å². The Morgan fingerprint density at radius 1 is 1.60 bits per heavy atom. The van der Waals surface area contributed by atoms with Crippen molar-refractivity contribution in [3.05, 3.63) is 28.5 Å². The van der Waals surface area contributed by atoms with E-state index in [4.69, 9.17) is 22.1 Å². The third-order valence-electron chi connectivity index (χ3n) is 2.78. The molecule has 1 aromatic carbocycles. The highest BCUT2D eigenvalue weighted by atomic mass is 35.5. The zero-order valence-electron chi connectivity index (χ0n) is 8.47. The summed E-state index contributed by atoms with van der Waals surface area (Å²) in [5.74, 6) is 0.433. The lowest BCUT2D eigenvalue weighted by atomic mass is 9.92. The van der Waals surface area contributed by atoms with Crippen molar-refractivity contribution in [2.24, 2.45) is 11.7 Å². The van der Waals surface area contributed by atoms with Crippen molar-refractivity contribution >= 4 is 11.6 Å². The van der Waals surface area contributed by atoms with Gasteiger partial charge in [0, 0.05) is 18.0 Å². The van der Waals surface area contributed by atoms with Crippen molar-refractivity contribution in [3.8, 4) is 5.75 Å². The quantitative estimate of drug-likeness (QED) is 0.803. The molecule has 1 aromatic rings. The SMILES string of the molecule is C[C@H](N)C1COc2cc(F)c(Cl)cc2C1. The fraction of sp³-hybridized carbons (Fsp3) is 0.455. The van der Waals surface area contributed by atoms with Gasteiger partial charge in [-0.1, -0.05) is 11.6 Å². The van der Waals surface area contributed by atoms with Crippen LogP contribution in [-0.4, -0.2) is 12.6 Å². The predicted molar refractivity (Wildman–Crippen MR) is 57.7 cm³/mol. The summed E-state index contributed by atoms with van der Waals surface area (Å²) in [6, 6.07) is 3.04. The topological polar surface area (TPSA) is 35.2 Å². The van der Waals surface area contributed by atoms with E-state index in [0.717, 1.165) is 12.0 Å². The molecule has 4 heteroatoms. The molecule has 0 aromatic heterocycles. The van der Waals surface area contributed by atoms with Crippen molar-refractivity contribution in [3.63, 3.8) is 0 Å². The van der Waals surface area contributed by atoms with Gasteiger partial charge in [0.25, 0.3) is 0 Å². The van der Waals surface area contributed by atoms with E-state index in [2.05, 4.69) is 0 Å². The normalized spacial score (nSPS) is 21.7. The van der Waals surface area contributed by atoms with Gasteiger partial charge in [0.2, 0.25) is 0 Å². The van der Waals surface area contributed by atoms with Crippen LogP contribution in [0.3, 0.4) is 0 Å². The molecule has 2 nitrogen and oxygen atoms in total. The molecule has 2 rings (SSSR count). The van der Waals surface area contributed by atoms with Crippen LogP contribution < -0.4 is 10.5 Å². The van der Waals surface area contributed by atoms with Gasteiger partial charge in [0.15, 0.2) is 0 Å². The summed E-state index contributed by atoms with van der Waals surface area (Å²) in [4.78, 5) is 0. The Labute approximate surface area is 93.2 Å². The molecule has 1 heterocycles. The zero-order chi connectivity index (χ0) is 11.0. The molecule has 0 aliphatic carbocycles. The lowest BCUT2D eigenvalue weighted by molar-refractivity contribution is 0.203.